The zero-order valence-corrected chi connectivity index (χ0v) is 19.1. The molecule has 0 saturated carbocycles. The molecule has 1 atom stereocenters. The summed E-state index contributed by atoms with van der Waals surface area (Å²) in [4.78, 5) is 27.0. The number of sulfone groups is 1. The van der Waals surface area contributed by atoms with Gasteiger partial charge < -0.3 is 9.64 Å². The van der Waals surface area contributed by atoms with Gasteiger partial charge in [-0.3, -0.25) is 9.59 Å². The van der Waals surface area contributed by atoms with Crippen LogP contribution in [0.4, 0.5) is 0 Å². The Morgan fingerprint density at radius 3 is 2.33 bits per heavy atom. The Balaban J connectivity index is 1.87. The summed E-state index contributed by atoms with van der Waals surface area (Å²) in [7, 11) is -3.06. The van der Waals surface area contributed by atoms with E-state index in [-0.39, 0.29) is 42.1 Å². The second kappa shape index (κ2) is 12.1. The highest BCUT2D eigenvalue weighted by atomic mass is 32.2. The molecule has 30 heavy (non-hydrogen) atoms. The number of carbonyl (C=O) groups excluding carboxylic acids is 2. The van der Waals surface area contributed by atoms with Crippen LogP contribution in [0.5, 0.6) is 5.75 Å². The summed E-state index contributed by atoms with van der Waals surface area (Å²) >= 11 is 0. The highest BCUT2D eigenvalue weighted by Crippen LogP contribution is 2.20. The Morgan fingerprint density at radius 2 is 1.73 bits per heavy atom. The van der Waals surface area contributed by atoms with Crippen molar-refractivity contribution in [2.45, 2.75) is 71.3 Å². The molecular formula is C23H35NO5S. The second-order valence-electron chi connectivity index (χ2n) is 8.00. The lowest BCUT2D eigenvalue weighted by atomic mass is 10.1. The van der Waals surface area contributed by atoms with Crippen LogP contribution >= 0.6 is 0 Å². The van der Waals surface area contributed by atoms with Crippen LogP contribution in [0.2, 0.25) is 0 Å². The number of nitrogens with zero attached hydrogens (tertiary/aromatic N) is 1. The number of ketones is 1. The van der Waals surface area contributed by atoms with Crippen molar-refractivity contribution in [1.82, 2.24) is 4.90 Å². The lowest BCUT2D eigenvalue weighted by molar-refractivity contribution is -0.133. The van der Waals surface area contributed by atoms with E-state index >= 15 is 0 Å². The van der Waals surface area contributed by atoms with Crippen LogP contribution in [0.25, 0.3) is 0 Å². The van der Waals surface area contributed by atoms with Gasteiger partial charge in [0, 0.05) is 31.0 Å². The first kappa shape index (κ1) is 24.4. The Hall–Kier alpha value is -1.89. The van der Waals surface area contributed by atoms with Gasteiger partial charge in [-0.1, -0.05) is 33.1 Å². The van der Waals surface area contributed by atoms with Crippen molar-refractivity contribution in [2.24, 2.45) is 0 Å². The number of benzene rings is 1. The van der Waals surface area contributed by atoms with Gasteiger partial charge in [0.15, 0.2) is 15.6 Å². The van der Waals surface area contributed by atoms with Gasteiger partial charge in [-0.25, -0.2) is 8.42 Å². The number of rotatable bonds is 13. The van der Waals surface area contributed by atoms with E-state index in [2.05, 4.69) is 6.92 Å². The van der Waals surface area contributed by atoms with Gasteiger partial charge in [-0.15, -0.1) is 0 Å². The van der Waals surface area contributed by atoms with Crippen molar-refractivity contribution in [3.05, 3.63) is 29.8 Å². The van der Waals surface area contributed by atoms with E-state index in [9.17, 15) is 18.0 Å². The van der Waals surface area contributed by atoms with E-state index < -0.39 is 9.84 Å². The summed E-state index contributed by atoms with van der Waals surface area (Å²) in [5.74, 6) is 0.701. The molecule has 0 bridgehead atoms. The highest BCUT2D eigenvalue weighted by Gasteiger charge is 2.34. The van der Waals surface area contributed by atoms with Crippen molar-refractivity contribution in [2.75, 3.05) is 24.7 Å². The standard InChI is InChI=1S/C23H35NO5S/c1-3-5-7-16-29-21-10-8-19(9-11-21)22(25)12-13-23(26)24(15-6-4-2)20-14-17-30(27,28)18-20/h8-11,20H,3-7,12-18H2,1-2H3/t20-/m0/s1. The van der Waals surface area contributed by atoms with Crippen molar-refractivity contribution in [3.8, 4) is 5.75 Å². The molecule has 1 fully saturated rings. The van der Waals surface area contributed by atoms with E-state index in [0.29, 0.717) is 25.1 Å². The monoisotopic (exact) mass is 437 g/mol. The smallest absolute Gasteiger partial charge is 0.223 e. The van der Waals surface area contributed by atoms with E-state index in [1.54, 1.807) is 29.2 Å². The van der Waals surface area contributed by atoms with E-state index in [1.165, 1.54) is 0 Å². The van der Waals surface area contributed by atoms with Crippen LogP contribution < -0.4 is 4.74 Å². The van der Waals surface area contributed by atoms with Gasteiger partial charge in [0.2, 0.25) is 5.91 Å². The SMILES string of the molecule is CCCCCOc1ccc(C(=O)CCC(=O)N(CCCC)[C@H]2CCS(=O)(=O)C2)cc1. The topological polar surface area (TPSA) is 80.8 Å². The molecule has 0 unspecified atom stereocenters. The molecule has 6 nitrogen and oxygen atoms in total. The number of unbranched alkanes of at least 4 members (excludes halogenated alkanes) is 3. The first-order valence-corrected chi connectivity index (χ1v) is 12.9. The maximum Gasteiger partial charge on any atom is 0.223 e. The number of hydrogen-bond donors (Lipinski definition) is 0. The summed E-state index contributed by atoms with van der Waals surface area (Å²) in [5.41, 5.74) is 0.562. The summed E-state index contributed by atoms with van der Waals surface area (Å²) in [6.07, 6.45) is 5.76. The Bertz CT molecular complexity index is 788. The van der Waals surface area contributed by atoms with Gasteiger partial charge in [-0.2, -0.15) is 0 Å². The number of ether oxygens (including phenoxy) is 1. The van der Waals surface area contributed by atoms with Crippen molar-refractivity contribution in [1.29, 1.82) is 0 Å². The molecule has 2 rings (SSSR count). The van der Waals surface area contributed by atoms with Gasteiger partial charge in [0.25, 0.3) is 0 Å². The molecule has 0 aromatic heterocycles. The molecule has 168 valence electrons. The zero-order valence-electron chi connectivity index (χ0n) is 18.3. The maximum atomic E-state index is 12.8. The third kappa shape index (κ3) is 7.74. The van der Waals surface area contributed by atoms with Crippen LogP contribution in [0.15, 0.2) is 24.3 Å². The Morgan fingerprint density at radius 1 is 1.03 bits per heavy atom. The van der Waals surface area contributed by atoms with E-state index in [4.69, 9.17) is 4.74 Å². The van der Waals surface area contributed by atoms with E-state index in [1.807, 2.05) is 6.92 Å². The molecule has 1 heterocycles. The molecule has 1 aromatic carbocycles. The van der Waals surface area contributed by atoms with Gasteiger partial charge in [0.05, 0.1) is 18.1 Å². The van der Waals surface area contributed by atoms with Crippen LogP contribution in [0, 0.1) is 0 Å². The van der Waals surface area contributed by atoms with E-state index in [0.717, 1.165) is 37.9 Å². The molecule has 1 saturated heterocycles. The van der Waals surface area contributed by atoms with Crippen molar-refractivity contribution < 1.29 is 22.7 Å². The maximum absolute atomic E-state index is 12.8. The number of Topliss-reactive ketones (excluding diaryl/α,β-unsaturated/α-hetero) is 1. The average molecular weight is 438 g/mol. The third-order valence-electron chi connectivity index (χ3n) is 5.48. The third-order valence-corrected chi connectivity index (χ3v) is 7.23. The quantitative estimate of drug-likeness (QED) is 0.344. The molecule has 0 N–H and O–H groups in total. The normalized spacial score (nSPS) is 17.6. The molecule has 1 amide bonds. The number of carbonyl (C=O) groups is 2. The zero-order chi connectivity index (χ0) is 22.0. The molecule has 0 radical (unpaired) electrons. The van der Waals surface area contributed by atoms with Crippen LogP contribution in [0.1, 0.15) is 75.6 Å². The largest absolute Gasteiger partial charge is 0.494 e. The second-order valence-corrected chi connectivity index (χ2v) is 10.2. The fraction of sp³-hybridized carbons (Fsp3) is 0.652. The van der Waals surface area contributed by atoms with Gasteiger partial charge in [0.1, 0.15) is 5.75 Å². The minimum atomic E-state index is -3.06. The minimum Gasteiger partial charge on any atom is -0.494 e. The molecular weight excluding hydrogens is 402 g/mol. The van der Waals surface area contributed by atoms with Crippen LogP contribution in [-0.4, -0.2) is 55.7 Å². The predicted molar refractivity (Wildman–Crippen MR) is 119 cm³/mol. The molecule has 1 aliphatic rings. The molecule has 0 spiro atoms. The Labute approximate surface area is 180 Å². The van der Waals surface area contributed by atoms with Crippen LogP contribution in [-0.2, 0) is 14.6 Å². The molecule has 7 heteroatoms. The summed E-state index contributed by atoms with van der Waals surface area (Å²) in [6.45, 7) is 5.40. The molecule has 0 aliphatic carbocycles. The fourth-order valence-electron chi connectivity index (χ4n) is 3.65. The van der Waals surface area contributed by atoms with Crippen LogP contribution in [0.3, 0.4) is 0 Å². The lowest BCUT2D eigenvalue weighted by Gasteiger charge is -2.28. The first-order chi connectivity index (χ1) is 14.4. The fourth-order valence-corrected chi connectivity index (χ4v) is 5.38. The number of hydrogen-bond acceptors (Lipinski definition) is 5. The van der Waals surface area contributed by atoms with Gasteiger partial charge in [-0.05, 0) is 43.5 Å². The summed E-state index contributed by atoms with van der Waals surface area (Å²) in [6, 6.07) is 6.80. The first-order valence-electron chi connectivity index (χ1n) is 11.1. The average Bonchev–Trinajstić information content (AvgIpc) is 3.09. The summed E-state index contributed by atoms with van der Waals surface area (Å²) in [5, 5.41) is 0. The highest BCUT2D eigenvalue weighted by molar-refractivity contribution is 7.91. The van der Waals surface area contributed by atoms with Gasteiger partial charge >= 0.3 is 0 Å². The minimum absolute atomic E-state index is 0.0378. The Kier molecular flexibility index (Phi) is 9.82. The predicted octanol–water partition coefficient (Wildman–Crippen LogP) is 4.03. The lowest BCUT2D eigenvalue weighted by Crippen LogP contribution is -2.41. The van der Waals surface area contributed by atoms with Crippen molar-refractivity contribution in [3.63, 3.8) is 0 Å². The van der Waals surface area contributed by atoms with Crippen molar-refractivity contribution >= 4 is 21.5 Å². The molecule has 1 aliphatic heterocycles. The molecule has 1 aromatic rings. The summed E-state index contributed by atoms with van der Waals surface area (Å²) < 4.78 is 29.3. The number of amides is 1.